The van der Waals surface area contributed by atoms with E-state index in [2.05, 4.69) is 13.5 Å². The molecule has 0 saturated heterocycles. The van der Waals surface area contributed by atoms with E-state index in [1.165, 1.54) is 17.7 Å². The highest BCUT2D eigenvalue weighted by Gasteiger charge is 2.15. The molecule has 3 aromatic carbocycles. The van der Waals surface area contributed by atoms with Gasteiger partial charge in [-0.1, -0.05) is 56.0 Å². The maximum Gasteiger partial charge on any atom is 0.201 e. The lowest BCUT2D eigenvalue weighted by molar-refractivity contribution is 0.334. The fourth-order valence-corrected chi connectivity index (χ4v) is 2.67. The molecular formula is C21H18F2O. The van der Waals surface area contributed by atoms with Crippen molar-refractivity contribution < 1.29 is 13.5 Å². The van der Waals surface area contributed by atoms with Crippen LogP contribution in [-0.2, 0) is 6.42 Å². The first kappa shape index (κ1) is 16.2. The maximum atomic E-state index is 14.4. The van der Waals surface area contributed by atoms with E-state index in [-0.39, 0.29) is 17.7 Å². The third-order valence-corrected chi connectivity index (χ3v) is 4.04. The molecular weight excluding hydrogens is 306 g/mol. The molecule has 3 aromatic rings. The van der Waals surface area contributed by atoms with E-state index < -0.39 is 11.6 Å². The second kappa shape index (κ2) is 6.83. The molecule has 24 heavy (non-hydrogen) atoms. The van der Waals surface area contributed by atoms with Crippen LogP contribution in [0.4, 0.5) is 8.78 Å². The third kappa shape index (κ3) is 3.02. The van der Waals surface area contributed by atoms with Gasteiger partial charge in [0, 0.05) is 5.39 Å². The van der Waals surface area contributed by atoms with E-state index in [4.69, 9.17) is 4.74 Å². The van der Waals surface area contributed by atoms with Crippen molar-refractivity contribution in [1.82, 2.24) is 0 Å². The predicted octanol–water partition coefficient (Wildman–Crippen LogP) is 5.91. The summed E-state index contributed by atoms with van der Waals surface area (Å²) in [6.07, 6.45) is 2.45. The van der Waals surface area contributed by atoms with E-state index in [0.29, 0.717) is 5.39 Å². The highest BCUT2D eigenvalue weighted by molar-refractivity contribution is 5.89. The molecule has 0 spiro atoms. The molecule has 0 radical (unpaired) electrons. The number of hydrogen-bond acceptors (Lipinski definition) is 1. The fourth-order valence-electron chi connectivity index (χ4n) is 2.67. The summed E-state index contributed by atoms with van der Waals surface area (Å²) in [6.45, 7) is 5.73. The first-order chi connectivity index (χ1) is 11.6. The Morgan fingerprint density at radius 1 is 0.958 bits per heavy atom. The summed E-state index contributed by atoms with van der Waals surface area (Å²) in [6, 6.07) is 14.9. The van der Waals surface area contributed by atoms with Gasteiger partial charge < -0.3 is 4.74 Å². The van der Waals surface area contributed by atoms with Crippen LogP contribution < -0.4 is 4.74 Å². The number of ether oxygens (including phenoxy) is 1. The number of hydrogen-bond donors (Lipinski definition) is 0. The first-order valence-corrected chi connectivity index (χ1v) is 7.88. The van der Waals surface area contributed by atoms with Crippen LogP contribution in [0.3, 0.4) is 0 Å². The SMILES string of the molecule is C=CCOc1cc2ccc(-c3ccc(CC)cc3)cc2c(F)c1F. The van der Waals surface area contributed by atoms with Crippen molar-refractivity contribution in [2.24, 2.45) is 0 Å². The Kier molecular flexibility index (Phi) is 4.61. The average Bonchev–Trinajstić information content (AvgIpc) is 2.63. The van der Waals surface area contributed by atoms with Gasteiger partial charge >= 0.3 is 0 Å². The molecule has 0 aliphatic heterocycles. The highest BCUT2D eigenvalue weighted by Crippen LogP contribution is 2.32. The summed E-state index contributed by atoms with van der Waals surface area (Å²) in [5.74, 6) is -1.96. The molecule has 0 aliphatic rings. The quantitative estimate of drug-likeness (QED) is 0.530. The topological polar surface area (TPSA) is 9.23 Å². The number of rotatable bonds is 5. The molecule has 1 nitrogen and oxygen atoms in total. The lowest BCUT2D eigenvalue weighted by atomic mass is 9.99. The first-order valence-electron chi connectivity index (χ1n) is 7.88. The van der Waals surface area contributed by atoms with E-state index in [1.807, 2.05) is 30.3 Å². The molecule has 3 rings (SSSR count). The molecule has 0 aromatic heterocycles. The van der Waals surface area contributed by atoms with Gasteiger partial charge in [0.05, 0.1) is 0 Å². The van der Waals surface area contributed by atoms with Crippen molar-refractivity contribution in [1.29, 1.82) is 0 Å². The summed E-state index contributed by atoms with van der Waals surface area (Å²) in [5.41, 5.74) is 3.06. The zero-order valence-electron chi connectivity index (χ0n) is 13.5. The van der Waals surface area contributed by atoms with Crippen molar-refractivity contribution >= 4 is 10.8 Å². The van der Waals surface area contributed by atoms with Crippen molar-refractivity contribution in [3.8, 4) is 16.9 Å². The molecule has 0 unspecified atom stereocenters. The Morgan fingerprint density at radius 3 is 2.33 bits per heavy atom. The zero-order chi connectivity index (χ0) is 17.1. The van der Waals surface area contributed by atoms with Gasteiger partial charge in [-0.25, -0.2) is 4.39 Å². The number of fused-ring (bicyclic) bond motifs is 1. The summed E-state index contributed by atoms with van der Waals surface area (Å²) in [7, 11) is 0. The largest absolute Gasteiger partial charge is 0.486 e. The third-order valence-electron chi connectivity index (χ3n) is 4.04. The van der Waals surface area contributed by atoms with Crippen molar-refractivity contribution in [3.05, 3.63) is 78.4 Å². The molecule has 0 N–H and O–H groups in total. The molecule has 3 heteroatoms. The van der Waals surface area contributed by atoms with Gasteiger partial charge in [0.15, 0.2) is 11.6 Å². The fraction of sp³-hybridized carbons (Fsp3) is 0.143. The van der Waals surface area contributed by atoms with Crippen molar-refractivity contribution in [2.45, 2.75) is 13.3 Å². The van der Waals surface area contributed by atoms with Crippen LogP contribution in [0.25, 0.3) is 21.9 Å². The second-order valence-electron chi connectivity index (χ2n) is 5.59. The van der Waals surface area contributed by atoms with Gasteiger partial charge in [0.1, 0.15) is 6.61 Å². The van der Waals surface area contributed by atoms with Crippen LogP contribution in [0, 0.1) is 11.6 Å². The lowest BCUT2D eigenvalue weighted by Crippen LogP contribution is -1.98. The Bertz CT molecular complexity index is 882. The average molecular weight is 324 g/mol. The van der Waals surface area contributed by atoms with E-state index in [0.717, 1.165) is 17.5 Å². The van der Waals surface area contributed by atoms with Crippen LogP contribution in [0.5, 0.6) is 5.75 Å². The maximum absolute atomic E-state index is 14.4. The summed E-state index contributed by atoms with van der Waals surface area (Å²) >= 11 is 0. The molecule has 0 fully saturated rings. The van der Waals surface area contributed by atoms with Crippen LogP contribution >= 0.6 is 0 Å². The van der Waals surface area contributed by atoms with Gasteiger partial charge in [-0.15, -0.1) is 0 Å². The van der Waals surface area contributed by atoms with Gasteiger partial charge in [0.2, 0.25) is 5.82 Å². The highest BCUT2D eigenvalue weighted by atomic mass is 19.2. The summed E-state index contributed by atoms with van der Waals surface area (Å²) in [4.78, 5) is 0. The molecule has 0 heterocycles. The minimum absolute atomic E-state index is 0.0973. The van der Waals surface area contributed by atoms with Crippen LogP contribution in [0.15, 0.2) is 61.2 Å². The van der Waals surface area contributed by atoms with Crippen LogP contribution in [0.2, 0.25) is 0 Å². The Balaban J connectivity index is 2.07. The molecule has 0 bridgehead atoms. The molecule has 0 atom stereocenters. The standard InChI is InChI=1S/C21H18F2O/c1-3-11-24-19-13-17-10-9-16(12-18(17)20(22)21(19)23)15-7-5-14(4-2)6-8-15/h3,5-10,12-13H,1,4,11H2,2H3. The van der Waals surface area contributed by atoms with Gasteiger partial charge in [-0.05, 0) is 40.6 Å². The normalized spacial score (nSPS) is 10.8. The van der Waals surface area contributed by atoms with Crippen molar-refractivity contribution in [2.75, 3.05) is 6.61 Å². The Hall–Kier alpha value is -2.68. The minimum atomic E-state index is -0.970. The number of aryl methyl sites for hydroxylation is 1. The van der Waals surface area contributed by atoms with Crippen LogP contribution in [-0.4, -0.2) is 6.61 Å². The van der Waals surface area contributed by atoms with Crippen molar-refractivity contribution in [3.63, 3.8) is 0 Å². The molecule has 0 amide bonds. The summed E-state index contributed by atoms with van der Waals surface area (Å²) in [5, 5.41) is 0.845. The smallest absolute Gasteiger partial charge is 0.201 e. The molecule has 122 valence electrons. The second-order valence-corrected chi connectivity index (χ2v) is 5.59. The van der Waals surface area contributed by atoms with E-state index in [9.17, 15) is 8.78 Å². The summed E-state index contributed by atoms with van der Waals surface area (Å²) < 4.78 is 33.8. The van der Waals surface area contributed by atoms with Gasteiger partial charge in [-0.3, -0.25) is 0 Å². The Labute approximate surface area is 140 Å². The van der Waals surface area contributed by atoms with Crippen LogP contribution in [0.1, 0.15) is 12.5 Å². The van der Waals surface area contributed by atoms with E-state index in [1.54, 1.807) is 12.1 Å². The van der Waals surface area contributed by atoms with Gasteiger partial charge in [0.25, 0.3) is 0 Å². The number of benzene rings is 3. The van der Waals surface area contributed by atoms with Gasteiger partial charge in [-0.2, -0.15) is 4.39 Å². The van der Waals surface area contributed by atoms with E-state index >= 15 is 0 Å². The molecule has 0 saturated carbocycles. The minimum Gasteiger partial charge on any atom is -0.486 e. The predicted molar refractivity (Wildman–Crippen MR) is 94.4 cm³/mol. The monoisotopic (exact) mass is 324 g/mol. The number of halogens is 2. The zero-order valence-corrected chi connectivity index (χ0v) is 13.5. The lowest BCUT2D eigenvalue weighted by Gasteiger charge is -2.10. The molecule has 0 aliphatic carbocycles. The Morgan fingerprint density at radius 2 is 1.67 bits per heavy atom.